The lowest BCUT2D eigenvalue weighted by atomic mass is 10.2. The van der Waals surface area contributed by atoms with E-state index in [1.54, 1.807) is 12.5 Å². The van der Waals surface area contributed by atoms with Gasteiger partial charge in [-0.2, -0.15) is 10.2 Å². The monoisotopic (exact) mass is 311 g/mol. The molecule has 1 aromatic rings. The predicted molar refractivity (Wildman–Crippen MR) is 89.1 cm³/mol. The molecule has 0 saturated carbocycles. The van der Waals surface area contributed by atoms with Gasteiger partial charge in [0.25, 0.3) is 0 Å². The molecule has 0 radical (unpaired) electrons. The first-order valence-electron chi connectivity index (χ1n) is 5.92. The Morgan fingerprint density at radius 1 is 1.50 bits per heavy atom. The minimum Gasteiger partial charge on any atom is -0.362 e. The number of nitrogens with zero attached hydrogens (tertiary/aromatic N) is 4. The molecule has 0 saturated heterocycles. The summed E-state index contributed by atoms with van der Waals surface area (Å²) in [6.07, 6.45) is 3.39. The lowest BCUT2D eigenvalue weighted by Gasteiger charge is -2.09. The highest BCUT2D eigenvalue weighted by Crippen LogP contribution is 2.01. The van der Waals surface area contributed by atoms with Gasteiger partial charge in [0.1, 0.15) is 5.71 Å². The SMILES string of the molecule is CCNC(=S)N/N=C(/C(C)=N/NC=S)c1cncn1C. The van der Waals surface area contributed by atoms with Crippen LogP contribution in [-0.2, 0) is 7.05 Å². The molecular weight excluding hydrogens is 294 g/mol. The van der Waals surface area contributed by atoms with E-state index in [4.69, 9.17) is 12.2 Å². The molecule has 108 valence electrons. The predicted octanol–water partition coefficient (Wildman–Crippen LogP) is 0.531. The van der Waals surface area contributed by atoms with Crippen LogP contribution in [0, 0.1) is 0 Å². The van der Waals surface area contributed by atoms with E-state index < -0.39 is 0 Å². The summed E-state index contributed by atoms with van der Waals surface area (Å²) in [6, 6.07) is 0. The van der Waals surface area contributed by atoms with Gasteiger partial charge >= 0.3 is 0 Å². The summed E-state index contributed by atoms with van der Waals surface area (Å²) < 4.78 is 1.84. The molecule has 1 heterocycles. The Hall–Kier alpha value is -1.87. The Bertz CT molecular complexity index is 533. The summed E-state index contributed by atoms with van der Waals surface area (Å²) in [5.41, 5.74) is 8.80. The molecule has 1 rings (SSSR count). The maximum Gasteiger partial charge on any atom is 0.186 e. The number of imidazole rings is 1. The Balaban J connectivity index is 3.02. The lowest BCUT2D eigenvalue weighted by Crippen LogP contribution is -2.33. The highest BCUT2D eigenvalue weighted by molar-refractivity contribution is 7.80. The minimum atomic E-state index is 0.447. The van der Waals surface area contributed by atoms with Crippen molar-refractivity contribution in [2.75, 3.05) is 6.54 Å². The van der Waals surface area contributed by atoms with Crippen LogP contribution < -0.4 is 16.2 Å². The zero-order chi connectivity index (χ0) is 15.0. The fourth-order valence-corrected chi connectivity index (χ4v) is 1.63. The second kappa shape index (κ2) is 8.33. The van der Waals surface area contributed by atoms with Gasteiger partial charge in [0.15, 0.2) is 5.11 Å². The van der Waals surface area contributed by atoms with Crippen LogP contribution in [0.1, 0.15) is 19.5 Å². The number of hydrogen-bond donors (Lipinski definition) is 3. The maximum atomic E-state index is 5.08. The van der Waals surface area contributed by atoms with Crippen LogP contribution in [0.2, 0.25) is 0 Å². The molecule has 7 nitrogen and oxygen atoms in total. The molecule has 0 aliphatic rings. The Morgan fingerprint density at radius 3 is 2.80 bits per heavy atom. The van der Waals surface area contributed by atoms with Crippen molar-refractivity contribution in [3.8, 4) is 0 Å². The topological polar surface area (TPSA) is 78.6 Å². The van der Waals surface area contributed by atoms with Crippen LogP contribution in [0.25, 0.3) is 0 Å². The molecule has 9 heteroatoms. The van der Waals surface area contributed by atoms with Gasteiger partial charge in [-0.1, -0.05) is 12.2 Å². The molecule has 3 N–H and O–H groups in total. The van der Waals surface area contributed by atoms with Crippen LogP contribution in [-0.4, -0.2) is 38.1 Å². The highest BCUT2D eigenvalue weighted by Gasteiger charge is 2.12. The Morgan fingerprint density at radius 2 is 2.25 bits per heavy atom. The average Bonchev–Trinajstić information content (AvgIpc) is 2.83. The fraction of sp³-hybridized carbons (Fsp3) is 0.364. The molecule has 0 aliphatic heterocycles. The average molecular weight is 311 g/mol. The highest BCUT2D eigenvalue weighted by atomic mass is 32.1. The minimum absolute atomic E-state index is 0.447. The number of hydrazone groups is 2. The molecule has 0 aromatic carbocycles. The van der Waals surface area contributed by atoms with Crippen molar-refractivity contribution < 1.29 is 0 Å². The van der Waals surface area contributed by atoms with E-state index in [0.29, 0.717) is 16.5 Å². The molecular formula is C11H17N7S2. The molecule has 1 aromatic heterocycles. The number of aryl methyl sites for hydroxylation is 1. The molecule has 0 amide bonds. The Labute approximate surface area is 128 Å². The third kappa shape index (κ3) is 4.67. The lowest BCUT2D eigenvalue weighted by molar-refractivity contribution is 0.885. The second-order valence-electron chi connectivity index (χ2n) is 3.77. The molecule has 20 heavy (non-hydrogen) atoms. The van der Waals surface area contributed by atoms with Crippen LogP contribution >= 0.6 is 24.4 Å². The van der Waals surface area contributed by atoms with Crippen molar-refractivity contribution in [2.45, 2.75) is 13.8 Å². The van der Waals surface area contributed by atoms with Gasteiger partial charge in [0.05, 0.1) is 29.4 Å². The van der Waals surface area contributed by atoms with Crippen molar-refractivity contribution in [2.24, 2.45) is 17.3 Å². The van der Waals surface area contributed by atoms with E-state index in [1.165, 1.54) is 5.49 Å². The van der Waals surface area contributed by atoms with E-state index in [1.807, 2.05) is 25.5 Å². The number of nitrogens with one attached hydrogen (secondary N) is 3. The zero-order valence-electron chi connectivity index (χ0n) is 11.5. The Kier molecular flexibility index (Phi) is 6.74. The third-order valence-electron chi connectivity index (χ3n) is 2.29. The summed E-state index contributed by atoms with van der Waals surface area (Å²) in [5, 5.41) is 11.8. The van der Waals surface area contributed by atoms with Crippen LogP contribution in [0.3, 0.4) is 0 Å². The van der Waals surface area contributed by atoms with Crippen molar-refractivity contribution >= 4 is 46.5 Å². The third-order valence-corrected chi connectivity index (χ3v) is 2.63. The molecule has 0 unspecified atom stereocenters. The number of hydrogen-bond acceptors (Lipinski definition) is 5. The number of aromatic nitrogens is 2. The standard InChI is InChI=1S/C11H17N7S2/c1-4-13-11(20)17-16-10(8(2)15-14-7-19)9-5-12-6-18(9)3/h5-7H,4H2,1-3H3,(H,14,19)(H2,13,17,20)/b15-8+,16-10-. The number of thiocarbonyl (C=S) groups is 2. The quantitative estimate of drug-likeness (QED) is 0.404. The zero-order valence-corrected chi connectivity index (χ0v) is 13.2. The van der Waals surface area contributed by atoms with E-state index in [2.05, 4.69) is 43.6 Å². The van der Waals surface area contributed by atoms with Gasteiger partial charge in [-0.3, -0.25) is 10.9 Å². The van der Waals surface area contributed by atoms with Gasteiger partial charge in [-0.05, 0) is 26.1 Å². The maximum absolute atomic E-state index is 5.08. The van der Waals surface area contributed by atoms with Gasteiger partial charge < -0.3 is 9.88 Å². The summed E-state index contributed by atoms with van der Waals surface area (Å²) >= 11 is 9.75. The molecule has 0 fully saturated rings. The fourth-order valence-electron chi connectivity index (χ4n) is 1.39. The first-order chi connectivity index (χ1) is 9.60. The van der Waals surface area contributed by atoms with Gasteiger partial charge in [-0.15, -0.1) is 0 Å². The second-order valence-corrected chi connectivity index (χ2v) is 4.41. The van der Waals surface area contributed by atoms with Crippen LogP contribution in [0.5, 0.6) is 0 Å². The largest absolute Gasteiger partial charge is 0.362 e. The van der Waals surface area contributed by atoms with Crippen molar-refractivity contribution in [3.63, 3.8) is 0 Å². The normalized spacial score (nSPS) is 11.9. The summed E-state index contributed by atoms with van der Waals surface area (Å²) in [6.45, 7) is 4.49. The van der Waals surface area contributed by atoms with E-state index in [0.717, 1.165) is 12.2 Å². The molecule has 0 spiro atoms. The summed E-state index contributed by atoms with van der Waals surface area (Å²) in [5.74, 6) is 0. The van der Waals surface area contributed by atoms with Gasteiger partial charge in [0, 0.05) is 13.6 Å². The summed E-state index contributed by atoms with van der Waals surface area (Å²) in [4.78, 5) is 4.07. The van der Waals surface area contributed by atoms with Gasteiger partial charge in [-0.25, -0.2) is 4.98 Å². The van der Waals surface area contributed by atoms with E-state index >= 15 is 0 Å². The van der Waals surface area contributed by atoms with Crippen molar-refractivity contribution in [1.29, 1.82) is 0 Å². The summed E-state index contributed by atoms with van der Waals surface area (Å²) in [7, 11) is 1.88. The first kappa shape index (κ1) is 16.2. The first-order valence-corrected chi connectivity index (χ1v) is 6.80. The molecule has 0 atom stereocenters. The van der Waals surface area contributed by atoms with Crippen LogP contribution in [0.4, 0.5) is 0 Å². The number of rotatable bonds is 6. The van der Waals surface area contributed by atoms with Crippen molar-refractivity contribution in [3.05, 3.63) is 18.2 Å². The molecule has 0 aliphatic carbocycles. The molecule has 0 bridgehead atoms. The van der Waals surface area contributed by atoms with E-state index in [-0.39, 0.29) is 0 Å². The van der Waals surface area contributed by atoms with Gasteiger partial charge in [0.2, 0.25) is 0 Å². The van der Waals surface area contributed by atoms with Crippen LogP contribution in [0.15, 0.2) is 22.7 Å². The van der Waals surface area contributed by atoms with E-state index in [9.17, 15) is 0 Å². The van der Waals surface area contributed by atoms with Crippen molar-refractivity contribution in [1.82, 2.24) is 25.7 Å². The smallest absolute Gasteiger partial charge is 0.186 e.